The Labute approximate surface area is 163 Å². The zero-order valence-electron chi connectivity index (χ0n) is 15.6. The summed E-state index contributed by atoms with van der Waals surface area (Å²) in [4.78, 5) is 25.6. The van der Waals surface area contributed by atoms with E-state index in [1.165, 1.54) is 12.1 Å². The average molecular weight is 382 g/mol. The van der Waals surface area contributed by atoms with Crippen molar-refractivity contribution in [1.82, 2.24) is 0 Å². The highest BCUT2D eigenvalue weighted by molar-refractivity contribution is 6.06. The van der Waals surface area contributed by atoms with Crippen molar-refractivity contribution in [3.05, 3.63) is 59.7 Å². The Balaban J connectivity index is 1.75. The Morgan fingerprint density at radius 1 is 1.18 bits per heavy atom. The standard InChI is InChI=1S/C21H22N2O5/c1-27-19-8-6-15(14-18(19)23-10-12-28-13-11-23)7-9-20(24)22-17-5-3-2-4-16(17)21(25)26/h2-9,14H,10-13H2,1H3,(H,22,24)(H,25,26). The molecule has 7 nitrogen and oxygen atoms in total. The van der Waals surface area contributed by atoms with Gasteiger partial charge in [0.1, 0.15) is 5.75 Å². The molecule has 0 bridgehead atoms. The van der Waals surface area contributed by atoms with Crippen molar-refractivity contribution < 1.29 is 24.2 Å². The molecule has 2 aromatic carbocycles. The normalized spacial score (nSPS) is 14.1. The van der Waals surface area contributed by atoms with Crippen LogP contribution < -0.4 is 15.0 Å². The van der Waals surface area contributed by atoms with Gasteiger partial charge in [0.05, 0.1) is 37.3 Å². The number of carbonyl (C=O) groups is 2. The minimum atomic E-state index is -1.09. The molecule has 1 amide bonds. The number of benzene rings is 2. The van der Waals surface area contributed by atoms with E-state index in [1.807, 2.05) is 18.2 Å². The van der Waals surface area contributed by atoms with Crippen LogP contribution in [0.3, 0.4) is 0 Å². The van der Waals surface area contributed by atoms with Crippen LogP contribution in [-0.4, -0.2) is 50.4 Å². The fraction of sp³-hybridized carbons (Fsp3) is 0.238. The van der Waals surface area contributed by atoms with E-state index >= 15 is 0 Å². The molecular formula is C21H22N2O5. The van der Waals surface area contributed by atoms with Crippen LogP contribution in [-0.2, 0) is 9.53 Å². The van der Waals surface area contributed by atoms with Crippen molar-refractivity contribution in [2.75, 3.05) is 43.6 Å². The molecule has 1 heterocycles. The fourth-order valence-electron chi connectivity index (χ4n) is 2.99. The van der Waals surface area contributed by atoms with E-state index in [1.54, 1.807) is 31.4 Å². The average Bonchev–Trinajstić information content (AvgIpc) is 2.73. The topological polar surface area (TPSA) is 88.1 Å². The van der Waals surface area contributed by atoms with Crippen LogP contribution in [0, 0.1) is 0 Å². The van der Waals surface area contributed by atoms with Crippen molar-refractivity contribution in [2.45, 2.75) is 0 Å². The summed E-state index contributed by atoms with van der Waals surface area (Å²) in [7, 11) is 1.63. The number of hydrogen-bond donors (Lipinski definition) is 2. The lowest BCUT2D eigenvalue weighted by molar-refractivity contribution is -0.111. The highest BCUT2D eigenvalue weighted by atomic mass is 16.5. The van der Waals surface area contributed by atoms with Gasteiger partial charge in [-0.15, -0.1) is 0 Å². The van der Waals surface area contributed by atoms with E-state index in [9.17, 15) is 14.7 Å². The van der Waals surface area contributed by atoms with Crippen molar-refractivity contribution in [2.24, 2.45) is 0 Å². The van der Waals surface area contributed by atoms with Gasteiger partial charge in [-0.1, -0.05) is 18.2 Å². The third-order valence-electron chi connectivity index (χ3n) is 4.40. The second-order valence-electron chi connectivity index (χ2n) is 6.20. The van der Waals surface area contributed by atoms with E-state index in [-0.39, 0.29) is 11.3 Å². The predicted molar refractivity (Wildman–Crippen MR) is 107 cm³/mol. The molecule has 0 unspecified atom stereocenters. The number of carboxylic acid groups (broad SMARTS) is 1. The van der Waals surface area contributed by atoms with Gasteiger partial charge < -0.3 is 24.8 Å². The zero-order valence-corrected chi connectivity index (χ0v) is 15.6. The summed E-state index contributed by atoms with van der Waals surface area (Å²) in [6.45, 7) is 2.87. The molecule has 2 aromatic rings. The number of carboxylic acids is 1. The van der Waals surface area contributed by atoms with E-state index in [2.05, 4.69) is 10.2 Å². The number of hydrogen-bond acceptors (Lipinski definition) is 5. The number of methoxy groups -OCH3 is 1. The highest BCUT2D eigenvalue weighted by Crippen LogP contribution is 2.30. The van der Waals surface area contributed by atoms with Crippen LogP contribution in [0.5, 0.6) is 5.75 Å². The Morgan fingerprint density at radius 2 is 1.93 bits per heavy atom. The lowest BCUT2D eigenvalue weighted by Gasteiger charge is -2.30. The number of nitrogens with one attached hydrogen (secondary N) is 1. The van der Waals surface area contributed by atoms with Crippen LogP contribution in [0.15, 0.2) is 48.5 Å². The monoisotopic (exact) mass is 382 g/mol. The molecule has 7 heteroatoms. The predicted octanol–water partition coefficient (Wildman–Crippen LogP) is 2.88. The number of aromatic carboxylic acids is 1. The van der Waals surface area contributed by atoms with Crippen molar-refractivity contribution in [1.29, 1.82) is 0 Å². The maximum absolute atomic E-state index is 12.2. The summed E-state index contributed by atoms with van der Waals surface area (Å²) in [5.41, 5.74) is 2.09. The van der Waals surface area contributed by atoms with Gasteiger partial charge in [-0.2, -0.15) is 0 Å². The second-order valence-corrected chi connectivity index (χ2v) is 6.20. The van der Waals surface area contributed by atoms with Crippen LogP contribution in [0.1, 0.15) is 15.9 Å². The van der Waals surface area contributed by atoms with E-state index in [4.69, 9.17) is 9.47 Å². The molecule has 2 N–H and O–H groups in total. The van der Waals surface area contributed by atoms with Gasteiger partial charge in [0.15, 0.2) is 0 Å². The highest BCUT2D eigenvalue weighted by Gasteiger charge is 2.16. The molecule has 1 aliphatic rings. The summed E-state index contributed by atoms with van der Waals surface area (Å²) in [5.74, 6) is -0.735. The van der Waals surface area contributed by atoms with Gasteiger partial charge in [-0.05, 0) is 35.9 Å². The minimum Gasteiger partial charge on any atom is -0.495 e. The lowest BCUT2D eigenvalue weighted by atomic mass is 10.1. The number of carbonyl (C=O) groups excluding carboxylic acids is 1. The quantitative estimate of drug-likeness (QED) is 0.747. The van der Waals surface area contributed by atoms with E-state index in [0.29, 0.717) is 13.2 Å². The molecule has 28 heavy (non-hydrogen) atoms. The van der Waals surface area contributed by atoms with Gasteiger partial charge in [0.2, 0.25) is 5.91 Å². The van der Waals surface area contributed by atoms with Crippen LogP contribution in [0.4, 0.5) is 11.4 Å². The molecule has 0 saturated carbocycles. The Hall–Kier alpha value is -3.32. The molecule has 1 aliphatic heterocycles. The summed E-state index contributed by atoms with van der Waals surface area (Å²) < 4.78 is 10.8. The van der Waals surface area contributed by atoms with E-state index < -0.39 is 11.9 Å². The van der Waals surface area contributed by atoms with Crippen LogP contribution in [0.25, 0.3) is 6.08 Å². The Bertz CT molecular complexity index is 888. The molecule has 0 atom stereocenters. The Kier molecular flexibility index (Phi) is 6.29. The smallest absolute Gasteiger partial charge is 0.337 e. The molecule has 1 fully saturated rings. The SMILES string of the molecule is COc1ccc(C=CC(=O)Nc2ccccc2C(=O)O)cc1N1CCOCC1. The molecule has 0 aromatic heterocycles. The Morgan fingerprint density at radius 3 is 2.64 bits per heavy atom. The molecule has 1 saturated heterocycles. The van der Waals surface area contributed by atoms with Crippen molar-refractivity contribution in [3.8, 4) is 5.75 Å². The van der Waals surface area contributed by atoms with Gasteiger partial charge in [0, 0.05) is 19.2 Å². The zero-order chi connectivity index (χ0) is 19.9. The largest absolute Gasteiger partial charge is 0.495 e. The first kappa shape index (κ1) is 19.4. The maximum atomic E-state index is 12.2. The van der Waals surface area contributed by atoms with Crippen LogP contribution >= 0.6 is 0 Å². The number of anilines is 2. The van der Waals surface area contributed by atoms with Gasteiger partial charge in [-0.25, -0.2) is 4.79 Å². The van der Waals surface area contributed by atoms with Gasteiger partial charge >= 0.3 is 5.97 Å². The second kappa shape index (κ2) is 9.05. The van der Waals surface area contributed by atoms with Crippen LogP contribution in [0.2, 0.25) is 0 Å². The van der Waals surface area contributed by atoms with Crippen molar-refractivity contribution >= 4 is 29.3 Å². The van der Waals surface area contributed by atoms with Crippen molar-refractivity contribution in [3.63, 3.8) is 0 Å². The summed E-state index contributed by atoms with van der Waals surface area (Å²) in [5, 5.41) is 11.8. The fourth-order valence-corrected chi connectivity index (χ4v) is 2.99. The number of ether oxygens (including phenoxy) is 2. The molecule has 0 radical (unpaired) electrons. The maximum Gasteiger partial charge on any atom is 0.337 e. The molecule has 0 aliphatic carbocycles. The number of amides is 1. The minimum absolute atomic E-state index is 0.0447. The molecule has 146 valence electrons. The third-order valence-corrected chi connectivity index (χ3v) is 4.40. The first-order valence-corrected chi connectivity index (χ1v) is 8.90. The number of morpholine rings is 1. The molecule has 0 spiro atoms. The van der Waals surface area contributed by atoms with Gasteiger partial charge in [0.25, 0.3) is 0 Å². The van der Waals surface area contributed by atoms with Gasteiger partial charge in [-0.3, -0.25) is 4.79 Å². The summed E-state index contributed by atoms with van der Waals surface area (Å²) in [6, 6.07) is 12.0. The first-order chi connectivity index (χ1) is 13.6. The number of nitrogens with zero attached hydrogens (tertiary/aromatic N) is 1. The summed E-state index contributed by atoms with van der Waals surface area (Å²) >= 11 is 0. The third kappa shape index (κ3) is 4.69. The number of rotatable bonds is 6. The molecule has 3 rings (SSSR count). The summed E-state index contributed by atoms with van der Waals surface area (Å²) in [6.07, 6.45) is 3.06. The first-order valence-electron chi connectivity index (χ1n) is 8.90. The van der Waals surface area contributed by atoms with E-state index in [0.717, 1.165) is 30.1 Å². The number of para-hydroxylation sites is 1. The lowest BCUT2D eigenvalue weighted by Crippen LogP contribution is -2.36. The molecular weight excluding hydrogens is 360 g/mol.